The second kappa shape index (κ2) is 2.55. The standard InChI is InChI=1S/C10H12N2/c1-7(2)8-6-12-10-3-4-11-5-9(8)10/h3,5-6,11-12H,1,4H2,2H3. The van der Waals surface area contributed by atoms with E-state index in [0.717, 1.165) is 12.1 Å². The highest BCUT2D eigenvalue weighted by molar-refractivity contribution is 5.63. The largest absolute Gasteiger partial charge is 0.387 e. The van der Waals surface area contributed by atoms with Gasteiger partial charge in [0.2, 0.25) is 0 Å². The molecule has 0 radical (unpaired) electrons. The molecule has 12 heavy (non-hydrogen) atoms. The first kappa shape index (κ1) is 7.22. The van der Waals surface area contributed by atoms with Gasteiger partial charge in [-0.3, -0.25) is 0 Å². The highest BCUT2D eigenvalue weighted by atomic mass is 14.8. The Morgan fingerprint density at radius 1 is 1.58 bits per heavy atom. The quantitative estimate of drug-likeness (QED) is 0.602. The Labute approximate surface area is 71.3 Å². The van der Waals surface area contributed by atoms with Crippen LogP contribution < -0.4 is 15.9 Å². The lowest BCUT2D eigenvalue weighted by Crippen LogP contribution is -2.33. The third-order valence-electron chi connectivity index (χ3n) is 2.08. The topological polar surface area (TPSA) is 27.8 Å². The van der Waals surface area contributed by atoms with Crippen LogP contribution in [-0.2, 0) is 0 Å². The van der Waals surface area contributed by atoms with Crippen LogP contribution in [0, 0.1) is 0 Å². The zero-order valence-corrected chi connectivity index (χ0v) is 7.15. The monoisotopic (exact) mass is 160 g/mol. The van der Waals surface area contributed by atoms with Gasteiger partial charge in [-0.1, -0.05) is 6.58 Å². The predicted octanol–water partition coefficient (Wildman–Crippen LogP) is 0.170. The molecule has 0 aromatic carbocycles. The summed E-state index contributed by atoms with van der Waals surface area (Å²) < 4.78 is 0. The van der Waals surface area contributed by atoms with Crippen LogP contribution in [-0.4, -0.2) is 11.5 Å². The van der Waals surface area contributed by atoms with E-state index in [1.54, 1.807) is 0 Å². The number of hydrogen-bond acceptors (Lipinski definition) is 1. The minimum absolute atomic E-state index is 0.906. The third kappa shape index (κ3) is 0.961. The van der Waals surface area contributed by atoms with E-state index < -0.39 is 0 Å². The lowest BCUT2D eigenvalue weighted by Gasteiger charge is -2.00. The van der Waals surface area contributed by atoms with Gasteiger partial charge in [-0.15, -0.1) is 0 Å². The second-order valence-corrected chi connectivity index (χ2v) is 3.07. The normalized spacial score (nSPS) is 13.8. The molecule has 62 valence electrons. The molecule has 2 nitrogen and oxygen atoms in total. The number of aromatic amines is 1. The van der Waals surface area contributed by atoms with E-state index >= 15 is 0 Å². The smallest absolute Gasteiger partial charge is 0.0452 e. The molecule has 1 aliphatic rings. The van der Waals surface area contributed by atoms with E-state index in [4.69, 9.17) is 0 Å². The van der Waals surface area contributed by atoms with E-state index in [1.165, 1.54) is 16.1 Å². The number of fused-ring (bicyclic) bond motifs is 1. The molecule has 0 atom stereocenters. The zero-order chi connectivity index (χ0) is 8.55. The van der Waals surface area contributed by atoms with Crippen molar-refractivity contribution in [2.75, 3.05) is 6.54 Å². The molecule has 1 aromatic rings. The summed E-state index contributed by atoms with van der Waals surface area (Å²) in [7, 11) is 0. The van der Waals surface area contributed by atoms with Gasteiger partial charge in [-0.2, -0.15) is 0 Å². The van der Waals surface area contributed by atoms with Crippen molar-refractivity contribution in [2.24, 2.45) is 0 Å². The molecular formula is C10H12N2. The van der Waals surface area contributed by atoms with Crippen molar-refractivity contribution in [2.45, 2.75) is 6.92 Å². The third-order valence-corrected chi connectivity index (χ3v) is 2.08. The molecule has 0 amide bonds. The van der Waals surface area contributed by atoms with Gasteiger partial charge >= 0.3 is 0 Å². The van der Waals surface area contributed by atoms with Crippen LogP contribution in [0.3, 0.4) is 0 Å². The van der Waals surface area contributed by atoms with Gasteiger partial charge in [0, 0.05) is 35.1 Å². The summed E-state index contributed by atoms with van der Waals surface area (Å²) in [5.41, 5.74) is 2.30. The van der Waals surface area contributed by atoms with Gasteiger partial charge in [0.25, 0.3) is 0 Å². The fourth-order valence-corrected chi connectivity index (χ4v) is 1.45. The number of rotatable bonds is 1. The minimum atomic E-state index is 0.906. The molecule has 2 heteroatoms. The molecule has 0 saturated carbocycles. The number of H-pyrrole nitrogens is 1. The van der Waals surface area contributed by atoms with Crippen molar-refractivity contribution in [3.63, 3.8) is 0 Å². The molecule has 2 N–H and O–H groups in total. The van der Waals surface area contributed by atoms with Crippen molar-refractivity contribution < 1.29 is 0 Å². The number of nitrogens with one attached hydrogen (secondary N) is 2. The molecule has 0 bridgehead atoms. The maximum Gasteiger partial charge on any atom is 0.0452 e. The summed E-state index contributed by atoms with van der Waals surface area (Å²) in [6, 6.07) is 0. The molecule has 1 aliphatic heterocycles. The van der Waals surface area contributed by atoms with Crippen molar-refractivity contribution in [3.8, 4) is 0 Å². The first-order valence-corrected chi connectivity index (χ1v) is 4.06. The van der Waals surface area contributed by atoms with Gasteiger partial charge in [0.05, 0.1) is 0 Å². The van der Waals surface area contributed by atoms with Gasteiger partial charge in [-0.25, -0.2) is 0 Å². The highest BCUT2D eigenvalue weighted by Crippen LogP contribution is 2.02. The van der Waals surface area contributed by atoms with Crippen LogP contribution in [0.4, 0.5) is 0 Å². The molecule has 0 unspecified atom stereocenters. The Morgan fingerprint density at radius 2 is 2.42 bits per heavy atom. The molecule has 2 rings (SSSR count). The fourth-order valence-electron chi connectivity index (χ4n) is 1.45. The predicted molar refractivity (Wildman–Crippen MR) is 51.7 cm³/mol. The van der Waals surface area contributed by atoms with Crippen LogP contribution in [0.1, 0.15) is 12.5 Å². The Balaban J connectivity index is 2.76. The van der Waals surface area contributed by atoms with Crippen LogP contribution in [0.5, 0.6) is 0 Å². The average Bonchev–Trinajstić information content (AvgIpc) is 2.47. The van der Waals surface area contributed by atoms with Crippen molar-refractivity contribution in [1.82, 2.24) is 10.3 Å². The van der Waals surface area contributed by atoms with E-state index in [1.807, 2.05) is 19.3 Å². The number of hydrogen-bond donors (Lipinski definition) is 2. The Bertz CT molecular complexity index is 423. The van der Waals surface area contributed by atoms with E-state index in [2.05, 4.69) is 23.0 Å². The van der Waals surface area contributed by atoms with E-state index in [-0.39, 0.29) is 0 Å². The van der Waals surface area contributed by atoms with Crippen molar-refractivity contribution in [3.05, 3.63) is 28.9 Å². The number of allylic oxidation sites excluding steroid dienone is 1. The summed E-state index contributed by atoms with van der Waals surface area (Å²) >= 11 is 0. The maximum atomic E-state index is 3.92. The Morgan fingerprint density at radius 3 is 3.17 bits per heavy atom. The first-order chi connectivity index (χ1) is 5.79. The molecular weight excluding hydrogens is 148 g/mol. The summed E-state index contributed by atoms with van der Waals surface area (Å²) in [4.78, 5) is 3.22. The van der Waals surface area contributed by atoms with Gasteiger partial charge in [0.15, 0.2) is 0 Å². The van der Waals surface area contributed by atoms with Gasteiger partial charge in [-0.05, 0) is 18.6 Å². The first-order valence-electron chi connectivity index (χ1n) is 4.06. The summed E-state index contributed by atoms with van der Waals surface area (Å²) in [6.45, 7) is 6.85. The molecule has 0 fully saturated rings. The summed E-state index contributed by atoms with van der Waals surface area (Å²) in [5, 5.41) is 5.61. The fraction of sp³-hybridized carbons (Fsp3) is 0.200. The van der Waals surface area contributed by atoms with Gasteiger partial charge in [0.1, 0.15) is 0 Å². The molecule has 0 spiro atoms. The van der Waals surface area contributed by atoms with Gasteiger partial charge < -0.3 is 10.3 Å². The summed E-state index contributed by atoms with van der Waals surface area (Å²) in [5.74, 6) is 0. The maximum absolute atomic E-state index is 3.92. The molecule has 1 aromatic heterocycles. The lowest BCUT2D eigenvalue weighted by atomic mass is 10.1. The van der Waals surface area contributed by atoms with Crippen LogP contribution in [0.15, 0.2) is 12.8 Å². The zero-order valence-electron chi connectivity index (χ0n) is 7.15. The highest BCUT2D eigenvalue weighted by Gasteiger charge is 2.01. The Kier molecular flexibility index (Phi) is 1.54. The minimum Gasteiger partial charge on any atom is -0.387 e. The summed E-state index contributed by atoms with van der Waals surface area (Å²) in [6.07, 6.45) is 6.19. The molecule has 0 saturated heterocycles. The second-order valence-electron chi connectivity index (χ2n) is 3.07. The SMILES string of the molecule is C=C(C)c1c[nH]c2c1=CNCC=2. The van der Waals surface area contributed by atoms with Crippen molar-refractivity contribution >= 4 is 17.8 Å². The van der Waals surface area contributed by atoms with Crippen molar-refractivity contribution in [1.29, 1.82) is 0 Å². The van der Waals surface area contributed by atoms with E-state index in [0.29, 0.717) is 0 Å². The lowest BCUT2D eigenvalue weighted by molar-refractivity contribution is 1.04. The molecule has 2 heterocycles. The van der Waals surface area contributed by atoms with Crippen LogP contribution in [0.2, 0.25) is 0 Å². The average molecular weight is 160 g/mol. The Hall–Kier alpha value is -1.44. The van der Waals surface area contributed by atoms with E-state index in [9.17, 15) is 0 Å². The van der Waals surface area contributed by atoms with Crippen LogP contribution in [0.25, 0.3) is 17.8 Å². The number of aromatic nitrogens is 1. The molecule has 0 aliphatic carbocycles. The van der Waals surface area contributed by atoms with Crippen LogP contribution >= 0.6 is 0 Å².